The minimum absolute atomic E-state index is 0.572. The van der Waals surface area contributed by atoms with Crippen LogP contribution in [0.15, 0.2) is 41.7 Å². The lowest BCUT2D eigenvalue weighted by Crippen LogP contribution is -2.05. The maximum atomic E-state index is 10.2. The fraction of sp³-hybridized carbons (Fsp3) is 0.167. The Labute approximate surface area is 109 Å². The molecular weight excluding hydrogens is 256 g/mol. The number of rotatable bonds is 3. The Bertz CT molecular complexity index is 504. The molecule has 0 saturated carbocycles. The third-order valence-electron chi connectivity index (χ3n) is 2.33. The number of aliphatic hydroxyl groups is 1. The molecule has 1 heterocycles. The van der Waals surface area contributed by atoms with Gasteiger partial charge in [0.1, 0.15) is 16.8 Å². The zero-order valence-corrected chi connectivity index (χ0v) is 10.7. The molecule has 2 rings (SSSR count). The first-order chi connectivity index (χ1) is 8.22. The van der Waals surface area contributed by atoms with E-state index in [1.54, 1.807) is 36.7 Å². The van der Waals surface area contributed by atoms with Gasteiger partial charge in [-0.2, -0.15) is 0 Å². The van der Waals surface area contributed by atoms with Crippen molar-refractivity contribution in [1.29, 1.82) is 0 Å². The van der Waals surface area contributed by atoms with Gasteiger partial charge in [0.2, 0.25) is 0 Å². The van der Waals surface area contributed by atoms with E-state index in [0.717, 1.165) is 10.6 Å². The summed E-state index contributed by atoms with van der Waals surface area (Å²) in [6, 6.07) is 7.06. The molecule has 0 spiro atoms. The standard InChI is InChI=1S/C12H11ClN2OS/c1-17-12-10(14-6-7-15-12)11(16)8-2-4-9(13)5-3-8/h2-7,11,16H,1H3/t11-/m0/s1. The molecule has 0 aliphatic rings. The highest BCUT2D eigenvalue weighted by atomic mass is 35.5. The van der Waals surface area contributed by atoms with Gasteiger partial charge < -0.3 is 5.11 Å². The molecule has 2 aromatic rings. The van der Waals surface area contributed by atoms with Gasteiger partial charge in [-0.25, -0.2) is 4.98 Å². The summed E-state index contributed by atoms with van der Waals surface area (Å²) in [5.74, 6) is 0. The zero-order valence-electron chi connectivity index (χ0n) is 9.17. The van der Waals surface area contributed by atoms with Crippen LogP contribution in [0.1, 0.15) is 17.4 Å². The van der Waals surface area contributed by atoms with Gasteiger partial charge in [-0.15, -0.1) is 11.8 Å². The van der Waals surface area contributed by atoms with Gasteiger partial charge in [0.15, 0.2) is 0 Å². The van der Waals surface area contributed by atoms with Crippen LogP contribution >= 0.6 is 23.4 Å². The molecule has 1 aromatic heterocycles. The van der Waals surface area contributed by atoms with E-state index in [4.69, 9.17) is 11.6 Å². The lowest BCUT2D eigenvalue weighted by molar-refractivity contribution is 0.211. The molecule has 0 saturated heterocycles. The summed E-state index contributed by atoms with van der Waals surface area (Å²) < 4.78 is 0. The predicted molar refractivity (Wildman–Crippen MR) is 69.3 cm³/mol. The van der Waals surface area contributed by atoms with Crippen LogP contribution < -0.4 is 0 Å². The molecule has 0 aliphatic carbocycles. The molecule has 0 aliphatic heterocycles. The Balaban J connectivity index is 2.36. The fourth-order valence-corrected chi connectivity index (χ4v) is 2.15. The summed E-state index contributed by atoms with van der Waals surface area (Å²) in [5, 5.41) is 11.6. The average Bonchev–Trinajstić information content (AvgIpc) is 2.39. The third-order valence-corrected chi connectivity index (χ3v) is 3.28. The Morgan fingerprint density at radius 2 is 1.82 bits per heavy atom. The van der Waals surface area contributed by atoms with Gasteiger partial charge >= 0.3 is 0 Å². The fourth-order valence-electron chi connectivity index (χ4n) is 1.48. The first-order valence-corrected chi connectivity index (χ1v) is 6.61. The van der Waals surface area contributed by atoms with Crippen molar-refractivity contribution in [2.45, 2.75) is 11.1 Å². The average molecular weight is 267 g/mol. The number of hydrogen-bond donors (Lipinski definition) is 1. The minimum atomic E-state index is -0.775. The van der Waals surface area contributed by atoms with Crippen LogP contribution in [-0.4, -0.2) is 21.3 Å². The van der Waals surface area contributed by atoms with Crippen LogP contribution in [0.2, 0.25) is 5.02 Å². The van der Waals surface area contributed by atoms with Gasteiger partial charge in [0.25, 0.3) is 0 Å². The first kappa shape index (κ1) is 12.4. The normalized spacial score (nSPS) is 12.4. The number of hydrogen-bond acceptors (Lipinski definition) is 4. The predicted octanol–water partition coefficient (Wildman–Crippen LogP) is 2.93. The molecule has 1 atom stereocenters. The topological polar surface area (TPSA) is 46.0 Å². The molecule has 0 amide bonds. The van der Waals surface area contributed by atoms with Crippen LogP contribution in [0.3, 0.4) is 0 Å². The molecule has 3 nitrogen and oxygen atoms in total. The Morgan fingerprint density at radius 1 is 1.18 bits per heavy atom. The van der Waals surface area contributed by atoms with E-state index >= 15 is 0 Å². The highest BCUT2D eigenvalue weighted by Crippen LogP contribution is 2.27. The molecule has 5 heteroatoms. The van der Waals surface area contributed by atoms with E-state index in [1.165, 1.54) is 11.8 Å². The molecule has 1 N–H and O–H groups in total. The summed E-state index contributed by atoms with van der Waals surface area (Å²) in [6.45, 7) is 0. The van der Waals surface area contributed by atoms with Crippen molar-refractivity contribution in [3.8, 4) is 0 Å². The number of aliphatic hydroxyl groups excluding tert-OH is 1. The van der Waals surface area contributed by atoms with E-state index in [9.17, 15) is 5.11 Å². The maximum Gasteiger partial charge on any atom is 0.124 e. The monoisotopic (exact) mass is 266 g/mol. The lowest BCUT2D eigenvalue weighted by atomic mass is 10.1. The first-order valence-electron chi connectivity index (χ1n) is 5.01. The number of halogens is 1. The van der Waals surface area contributed by atoms with Crippen LogP contribution in [0.4, 0.5) is 0 Å². The summed E-state index contributed by atoms with van der Waals surface area (Å²) >= 11 is 7.27. The quantitative estimate of drug-likeness (QED) is 0.868. The van der Waals surface area contributed by atoms with E-state index in [1.807, 2.05) is 6.26 Å². The second-order valence-corrected chi connectivity index (χ2v) is 4.64. The van der Waals surface area contributed by atoms with Crippen LogP contribution in [-0.2, 0) is 0 Å². The third kappa shape index (κ3) is 2.77. The molecular formula is C12H11ClN2OS. The van der Waals surface area contributed by atoms with Crippen molar-refractivity contribution in [3.05, 3.63) is 52.9 Å². The number of aromatic nitrogens is 2. The SMILES string of the molecule is CSc1nccnc1[C@@H](O)c1ccc(Cl)cc1. The Morgan fingerprint density at radius 3 is 2.47 bits per heavy atom. The van der Waals surface area contributed by atoms with Crippen molar-refractivity contribution in [3.63, 3.8) is 0 Å². The van der Waals surface area contributed by atoms with E-state index < -0.39 is 6.10 Å². The molecule has 17 heavy (non-hydrogen) atoms. The van der Waals surface area contributed by atoms with Gasteiger partial charge in [-0.05, 0) is 24.0 Å². The van der Waals surface area contributed by atoms with Crippen molar-refractivity contribution in [2.75, 3.05) is 6.26 Å². The summed E-state index contributed by atoms with van der Waals surface area (Å²) in [6.07, 6.45) is 4.32. The smallest absolute Gasteiger partial charge is 0.124 e. The van der Waals surface area contributed by atoms with Crippen LogP contribution in [0, 0.1) is 0 Å². The molecule has 0 radical (unpaired) electrons. The number of nitrogens with zero attached hydrogens (tertiary/aromatic N) is 2. The second kappa shape index (κ2) is 5.49. The van der Waals surface area contributed by atoms with Crippen molar-refractivity contribution < 1.29 is 5.11 Å². The lowest BCUT2D eigenvalue weighted by Gasteiger charge is -2.12. The molecule has 0 bridgehead atoms. The zero-order chi connectivity index (χ0) is 12.3. The highest BCUT2D eigenvalue weighted by Gasteiger charge is 2.16. The Hall–Kier alpha value is -1.10. The molecule has 88 valence electrons. The largest absolute Gasteiger partial charge is 0.382 e. The number of benzene rings is 1. The van der Waals surface area contributed by atoms with E-state index in [2.05, 4.69) is 9.97 Å². The molecule has 0 fully saturated rings. The van der Waals surface area contributed by atoms with Crippen molar-refractivity contribution in [1.82, 2.24) is 9.97 Å². The highest BCUT2D eigenvalue weighted by molar-refractivity contribution is 7.98. The van der Waals surface area contributed by atoms with Gasteiger partial charge in [0, 0.05) is 17.4 Å². The van der Waals surface area contributed by atoms with E-state index in [-0.39, 0.29) is 0 Å². The second-order valence-electron chi connectivity index (χ2n) is 3.40. The van der Waals surface area contributed by atoms with Crippen molar-refractivity contribution in [2.24, 2.45) is 0 Å². The minimum Gasteiger partial charge on any atom is -0.382 e. The maximum absolute atomic E-state index is 10.2. The number of thioether (sulfide) groups is 1. The van der Waals surface area contributed by atoms with Gasteiger partial charge in [0.05, 0.1) is 0 Å². The van der Waals surface area contributed by atoms with Gasteiger partial charge in [-0.3, -0.25) is 4.98 Å². The summed E-state index contributed by atoms with van der Waals surface area (Å²) in [7, 11) is 0. The van der Waals surface area contributed by atoms with Crippen LogP contribution in [0.5, 0.6) is 0 Å². The summed E-state index contributed by atoms with van der Waals surface area (Å²) in [5.41, 5.74) is 1.33. The van der Waals surface area contributed by atoms with Crippen molar-refractivity contribution >= 4 is 23.4 Å². The van der Waals surface area contributed by atoms with Crippen LogP contribution in [0.25, 0.3) is 0 Å². The molecule has 0 unspecified atom stereocenters. The molecule has 1 aromatic carbocycles. The van der Waals surface area contributed by atoms with E-state index in [0.29, 0.717) is 10.7 Å². The summed E-state index contributed by atoms with van der Waals surface area (Å²) in [4.78, 5) is 8.36. The van der Waals surface area contributed by atoms with Gasteiger partial charge in [-0.1, -0.05) is 23.7 Å². The Kier molecular flexibility index (Phi) is 3.99.